The van der Waals surface area contributed by atoms with Gasteiger partial charge in [0.15, 0.2) is 0 Å². The van der Waals surface area contributed by atoms with Crippen molar-refractivity contribution in [1.82, 2.24) is 5.32 Å². The van der Waals surface area contributed by atoms with Crippen molar-refractivity contribution in [3.63, 3.8) is 0 Å². The van der Waals surface area contributed by atoms with Gasteiger partial charge in [-0.15, -0.1) is 0 Å². The summed E-state index contributed by atoms with van der Waals surface area (Å²) in [5.41, 5.74) is 6.94. The average molecular weight is 218 g/mol. The molecule has 0 aromatic heterocycles. The van der Waals surface area contributed by atoms with Crippen LogP contribution in [0.15, 0.2) is 30.3 Å². The third-order valence-corrected chi connectivity index (χ3v) is 3.25. The minimum Gasteiger partial charge on any atom is -0.330 e. The monoisotopic (exact) mass is 218 g/mol. The molecule has 2 nitrogen and oxygen atoms in total. The second-order valence-corrected chi connectivity index (χ2v) is 4.68. The van der Waals surface area contributed by atoms with Crippen LogP contribution in [-0.2, 0) is 0 Å². The molecule has 2 heteroatoms. The fraction of sp³-hybridized carbons (Fsp3) is 0.571. The molecule has 1 fully saturated rings. The summed E-state index contributed by atoms with van der Waals surface area (Å²) in [5.74, 6) is 0.861. The third-order valence-electron chi connectivity index (χ3n) is 3.25. The van der Waals surface area contributed by atoms with Crippen LogP contribution in [-0.4, -0.2) is 13.1 Å². The lowest BCUT2D eigenvalue weighted by molar-refractivity contribution is 0.471. The van der Waals surface area contributed by atoms with Crippen LogP contribution in [0.3, 0.4) is 0 Å². The lowest BCUT2D eigenvalue weighted by atomic mass is 10.0. The van der Waals surface area contributed by atoms with Crippen molar-refractivity contribution in [2.45, 2.75) is 31.7 Å². The first-order valence-electron chi connectivity index (χ1n) is 6.40. The molecule has 0 saturated heterocycles. The molecule has 0 bridgehead atoms. The molecular weight excluding hydrogens is 196 g/mol. The second kappa shape index (κ2) is 6.02. The molecule has 16 heavy (non-hydrogen) atoms. The summed E-state index contributed by atoms with van der Waals surface area (Å²) in [5, 5.41) is 3.68. The van der Waals surface area contributed by atoms with Gasteiger partial charge >= 0.3 is 0 Å². The highest BCUT2D eigenvalue weighted by molar-refractivity contribution is 5.21. The molecule has 88 valence electrons. The molecule has 0 aliphatic heterocycles. The van der Waals surface area contributed by atoms with Crippen molar-refractivity contribution in [3.8, 4) is 0 Å². The summed E-state index contributed by atoms with van der Waals surface area (Å²) in [7, 11) is 0. The number of nitrogens with two attached hydrogens (primary N) is 1. The molecule has 1 aromatic carbocycles. The third kappa shape index (κ3) is 3.32. The van der Waals surface area contributed by atoms with Crippen molar-refractivity contribution in [3.05, 3.63) is 35.9 Å². The number of benzene rings is 1. The molecule has 1 aliphatic rings. The average Bonchev–Trinajstić information content (AvgIpc) is 3.15. The maximum Gasteiger partial charge on any atom is 0.0348 e. The van der Waals surface area contributed by atoms with Crippen LogP contribution in [0.25, 0.3) is 0 Å². The zero-order chi connectivity index (χ0) is 11.2. The molecule has 2 rings (SSSR count). The first-order chi connectivity index (χ1) is 7.92. The zero-order valence-corrected chi connectivity index (χ0v) is 9.86. The topological polar surface area (TPSA) is 38.0 Å². The Bertz CT molecular complexity index is 293. The molecule has 0 spiro atoms. The van der Waals surface area contributed by atoms with Gasteiger partial charge in [-0.3, -0.25) is 0 Å². The molecule has 3 N–H and O–H groups in total. The van der Waals surface area contributed by atoms with E-state index in [1.54, 1.807) is 0 Å². The van der Waals surface area contributed by atoms with Crippen molar-refractivity contribution in [1.29, 1.82) is 0 Å². The van der Waals surface area contributed by atoms with Crippen molar-refractivity contribution in [2.75, 3.05) is 13.1 Å². The van der Waals surface area contributed by atoms with Gasteiger partial charge in [-0.05, 0) is 50.3 Å². The first kappa shape index (κ1) is 11.6. The van der Waals surface area contributed by atoms with Gasteiger partial charge < -0.3 is 11.1 Å². The predicted octanol–water partition coefficient (Wildman–Crippen LogP) is 2.47. The molecule has 1 unspecified atom stereocenters. The standard InChI is InChI=1S/C14H22N2/c15-10-4-5-11-16-14(13-8-9-13)12-6-2-1-3-7-12/h1-3,6-7,13-14,16H,4-5,8-11,15H2. The Kier molecular flexibility index (Phi) is 4.37. The highest BCUT2D eigenvalue weighted by Crippen LogP contribution is 2.40. The Morgan fingerprint density at radius 1 is 1.19 bits per heavy atom. The smallest absolute Gasteiger partial charge is 0.0348 e. The number of nitrogens with one attached hydrogen (secondary N) is 1. The minimum absolute atomic E-state index is 0.568. The Morgan fingerprint density at radius 2 is 1.94 bits per heavy atom. The van der Waals surface area contributed by atoms with E-state index in [2.05, 4.69) is 35.6 Å². The normalized spacial score (nSPS) is 17.3. The van der Waals surface area contributed by atoms with Crippen LogP contribution >= 0.6 is 0 Å². The Labute approximate surface area is 98.2 Å². The van der Waals surface area contributed by atoms with E-state index in [1.165, 1.54) is 24.8 Å². The van der Waals surface area contributed by atoms with Gasteiger partial charge in [0.2, 0.25) is 0 Å². The number of unbranched alkanes of at least 4 members (excludes halogenated alkanes) is 1. The number of hydrogen-bond acceptors (Lipinski definition) is 2. The predicted molar refractivity (Wildman–Crippen MR) is 68.2 cm³/mol. The van der Waals surface area contributed by atoms with E-state index < -0.39 is 0 Å². The van der Waals surface area contributed by atoms with Crippen LogP contribution in [0.2, 0.25) is 0 Å². The molecule has 0 heterocycles. The van der Waals surface area contributed by atoms with Gasteiger partial charge in [-0.25, -0.2) is 0 Å². The van der Waals surface area contributed by atoms with Crippen LogP contribution in [0, 0.1) is 5.92 Å². The summed E-state index contributed by atoms with van der Waals surface area (Å²) in [4.78, 5) is 0. The molecule has 1 atom stereocenters. The summed E-state index contributed by atoms with van der Waals surface area (Å²) >= 11 is 0. The lowest BCUT2D eigenvalue weighted by Crippen LogP contribution is -2.24. The SMILES string of the molecule is NCCCCNC(c1ccccc1)C1CC1. The summed E-state index contributed by atoms with van der Waals surface area (Å²) < 4.78 is 0. The van der Waals surface area contributed by atoms with Gasteiger partial charge in [-0.2, -0.15) is 0 Å². The van der Waals surface area contributed by atoms with E-state index >= 15 is 0 Å². The van der Waals surface area contributed by atoms with E-state index in [1.807, 2.05) is 0 Å². The fourth-order valence-electron chi connectivity index (χ4n) is 2.17. The van der Waals surface area contributed by atoms with E-state index in [9.17, 15) is 0 Å². The minimum atomic E-state index is 0.568. The van der Waals surface area contributed by atoms with E-state index in [4.69, 9.17) is 5.73 Å². The molecule has 1 aliphatic carbocycles. The van der Waals surface area contributed by atoms with E-state index in [0.29, 0.717) is 6.04 Å². The maximum absolute atomic E-state index is 5.50. The second-order valence-electron chi connectivity index (χ2n) is 4.68. The van der Waals surface area contributed by atoms with E-state index in [-0.39, 0.29) is 0 Å². The highest BCUT2D eigenvalue weighted by Gasteiger charge is 2.31. The van der Waals surface area contributed by atoms with Gasteiger partial charge in [-0.1, -0.05) is 30.3 Å². The fourth-order valence-corrected chi connectivity index (χ4v) is 2.17. The quantitative estimate of drug-likeness (QED) is 0.690. The van der Waals surface area contributed by atoms with E-state index in [0.717, 1.165) is 25.4 Å². The molecule has 1 aromatic rings. The molecular formula is C14H22N2. The molecule has 0 radical (unpaired) electrons. The largest absolute Gasteiger partial charge is 0.330 e. The van der Waals surface area contributed by atoms with Crippen LogP contribution < -0.4 is 11.1 Å². The Morgan fingerprint density at radius 3 is 2.56 bits per heavy atom. The molecule has 0 amide bonds. The van der Waals surface area contributed by atoms with Crippen LogP contribution in [0.4, 0.5) is 0 Å². The van der Waals surface area contributed by atoms with Gasteiger partial charge in [0, 0.05) is 6.04 Å². The lowest BCUT2D eigenvalue weighted by Gasteiger charge is -2.18. The van der Waals surface area contributed by atoms with Crippen LogP contribution in [0.5, 0.6) is 0 Å². The van der Waals surface area contributed by atoms with Gasteiger partial charge in [0.05, 0.1) is 0 Å². The molecule has 1 saturated carbocycles. The Balaban J connectivity index is 1.86. The number of rotatable bonds is 7. The van der Waals surface area contributed by atoms with Gasteiger partial charge in [0.1, 0.15) is 0 Å². The van der Waals surface area contributed by atoms with Crippen molar-refractivity contribution >= 4 is 0 Å². The summed E-state index contributed by atoms with van der Waals surface area (Å²) in [6.45, 7) is 1.90. The van der Waals surface area contributed by atoms with Crippen LogP contribution in [0.1, 0.15) is 37.3 Å². The van der Waals surface area contributed by atoms with Crippen molar-refractivity contribution in [2.24, 2.45) is 11.7 Å². The highest BCUT2D eigenvalue weighted by atomic mass is 14.9. The Hall–Kier alpha value is -0.860. The zero-order valence-electron chi connectivity index (χ0n) is 9.86. The summed E-state index contributed by atoms with van der Waals surface area (Å²) in [6, 6.07) is 11.4. The van der Waals surface area contributed by atoms with Gasteiger partial charge in [0.25, 0.3) is 0 Å². The maximum atomic E-state index is 5.50. The first-order valence-corrected chi connectivity index (χ1v) is 6.40. The van der Waals surface area contributed by atoms with Crippen molar-refractivity contribution < 1.29 is 0 Å². The number of hydrogen-bond donors (Lipinski definition) is 2. The summed E-state index contributed by atoms with van der Waals surface area (Å²) in [6.07, 6.45) is 5.07.